The summed E-state index contributed by atoms with van der Waals surface area (Å²) in [7, 11) is 3.40. The Morgan fingerprint density at radius 3 is 2.35 bits per heavy atom. The first kappa shape index (κ1) is 25.0. The molecule has 0 aromatic heterocycles. The van der Waals surface area contributed by atoms with Crippen LogP contribution in [0.5, 0.6) is 0 Å². The van der Waals surface area contributed by atoms with Gasteiger partial charge in [0.1, 0.15) is 0 Å². The van der Waals surface area contributed by atoms with Crippen molar-refractivity contribution in [2.75, 3.05) is 7.11 Å². The molecule has 0 heterocycles. The molecule has 5 rings (SSSR count). The van der Waals surface area contributed by atoms with Gasteiger partial charge in [-0.1, -0.05) is 41.5 Å². The lowest BCUT2D eigenvalue weighted by atomic mass is 9.37. The van der Waals surface area contributed by atoms with E-state index in [1.807, 2.05) is 0 Å². The molecule has 0 bridgehead atoms. The van der Waals surface area contributed by atoms with E-state index in [0.717, 1.165) is 24.8 Å². The lowest BCUT2D eigenvalue weighted by molar-refractivity contribution is -0.201. The number of carbonyl (C=O) groups is 1. The predicted octanol–water partition coefficient (Wildman–Crippen LogP) is 5.46. The number of rotatable bonds is 4. The fourth-order valence-corrected chi connectivity index (χ4v) is 10.6. The Bertz CT molecular complexity index is 883. The smallest absolute Gasteiger partial charge is 0.396 e. The first-order chi connectivity index (χ1) is 15.9. The molecule has 8 atom stereocenters. The van der Waals surface area contributed by atoms with E-state index in [1.54, 1.807) is 14.7 Å². The van der Waals surface area contributed by atoms with Gasteiger partial charge in [0.05, 0.1) is 6.10 Å². The van der Waals surface area contributed by atoms with E-state index in [0.29, 0.717) is 46.7 Å². The van der Waals surface area contributed by atoms with Gasteiger partial charge in [0.25, 0.3) is 0 Å². The first-order valence-corrected chi connectivity index (χ1v) is 14.0. The highest BCUT2D eigenvalue weighted by molar-refractivity contribution is 6.24. The van der Waals surface area contributed by atoms with E-state index in [1.165, 1.54) is 37.7 Å². The lowest BCUT2D eigenvalue weighted by Gasteiger charge is -2.68. The molecule has 4 saturated carbocycles. The molecular formula is C29H47BNO3. The summed E-state index contributed by atoms with van der Waals surface area (Å²) in [5, 5.41) is 14.5. The molecular weight excluding hydrogens is 421 g/mol. The van der Waals surface area contributed by atoms with Crippen LogP contribution in [0.25, 0.3) is 0 Å². The third-order valence-corrected chi connectivity index (χ3v) is 12.0. The number of Topliss-reactive ketones (excluding diaryl/α,β-unsaturated/α-hetero) is 1. The zero-order chi connectivity index (χ0) is 24.7. The molecule has 0 aromatic carbocycles. The summed E-state index contributed by atoms with van der Waals surface area (Å²) in [5.74, 6) is 3.07. The molecule has 5 aliphatic carbocycles. The molecule has 3 unspecified atom stereocenters. The van der Waals surface area contributed by atoms with Gasteiger partial charge >= 0.3 is 7.62 Å². The van der Waals surface area contributed by atoms with Gasteiger partial charge in [-0.3, -0.25) is 4.79 Å². The van der Waals surface area contributed by atoms with Crippen molar-refractivity contribution in [3.05, 3.63) is 11.1 Å². The fourth-order valence-electron chi connectivity index (χ4n) is 10.6. The molecule has 189 valence electrons. The largest absolute Gasteiger partial charge is 0.427 e. The average Bonchev–Trinajstić information content (AvgIpc) is 3.07. The Kier molecular flexibility index (Phi) is 6.02. The number of hydrogen-bond donors (Lipinski definition) is 2. The zero-order valence-electron chi connectivity index (χ0n) is 22.7. The van der Waals surface area contributed by atoms with Crippen LogP contribution >= 0.6 is 0 Å². The summed E-state index contributed by atoms with van der Waals surface area (Å²) in [6, 6.07) is 0. The number of allylic oxidation sites excluding steroid dienone is 1. The Balaban J connectivity index is 1.54. The topological polar surface area (TPSA) is 58.6 Å². The maximum absolute atomic E-state index is 13.4. The SMILES string of the molecule is CO[B]N[C@@]12CCC3[C@H](CCC4[C@@]3(C)CCC3C(C)(C)[C@@H](O)CC[C@@]34C)C1=C(C(C)C)C(=O)C2. The van der Waals surface area contributed by atoms with Crippen molar-refractivity contribution >= 4 is 13.4 Å². The number of ketones is 1. The number of nitrogens with one attached hydrogen (secondary N) is 1. The second-order valence-electron chi connectivity index (χ2n) is 14.0. The normalized spacial score (nSPS) is 47.7. The van der Waals surface area contributed by atoms with E-state index < -0.39 is 0 Å². The van der Waals surface area contributed by atoms with Crippen molar-refractivity contribution < 1.29 is 14.6 Å². The first-order valence-electron chi connectivity index (χ1n) is 14.0. The monoisotopic (exact) mass is 468 g/mol. The van der Waals surface area contributed by atoms with Crippen molar-refractivity contribution in [1.29, 1.82) is 0 Å². The minimum atomic E-state index is -0.241. The summed E-state index contributed by atoms with van der Waals surface area (Å²) in [6.45, 7) is 14.2. The summed E-state index contributed by atoms with van der Waals surface area (Å²) >= 11 is 0. The maximum Gasteiger partial charge on any atom is 0.396 e. The molecule has 5 aliphatic rings. The molecule has 0 aromatic rings. The second-order valence-corrected chi connectivity index (χ2v) is 14.0. The summed E-state index contributed by atoms with van der Waals surface area (Å²) < 4.78 is 5.33. The molecule has 0 spiro atoms. The Labute approximate surface area is 208 Å². The van der Waals surface area contributed by atoms with Crippen molar-refractivity contribution in [3.63, 3.8) is 0 Å². The maximum atomic E-state index is 13.4. The van der Waals surface area contributed by atoms with Crippen LogP contribution in [0.15, 0.2) is 11.1 Å². The number of aliphatic hydroxyl groups excluding tert-OH is 1. The highest BCUT2D eigenvalue weighted by atomic mass is 16.4. The molecule has 5 heteroatoms. The van der Waals surface area contributed by atoms with Crippen molar-refractivity contribution in [1.82, 2.24) is 5.23 Å². The molecule has 4 fully saturated rings. The highest BCUT2D eigenvalue weighted by Crippen LogP contribution is 2.71. The summed E-state index contributed by atoms with van der Waals surface area (Å²) in [4.78, 5) is 13.4. The van der Waals surface area contributed by atoms with Crippen LogP contribution in [0.1, 0.15) is 99.3 Å². The molecule has 34 heavy (non-hydrogen) atoms. The van der Waals surface area contributed by atoms with Gasteiger partial charge < -0.3 is 15.0 Å². The van der Waals surface area contributed by atoms with Crippen LogP contribution < -0.4 is 5.23 Å². The third kappa shape index (κ3) is 3.25. The molecule has 0 amide bonds. The third-order valence-electron chi connectivity index (χ3n) is 12.0. The van der Waals surface area contributed by atoms with Crippen LogP contribution in [0.3, 0.4) is 0 Å². The number of carbonyl (C=O) groups excluding carboxylic acids is 1. The van der Waals surface area contributed by atoms with Crippen molar-refractivity contribution in [2.45, 2.75) is 111 Å². The predicted molar refractivity (Wildman–Crippen MR) is 137 cm³/mol. The molecule has 4 nitrogen and oxygen atoms in total. The average molecular weight is 469 g/mol. The van der Waals surface area contributed by atoms with E-state index in [9.17, 15) is 9.90 Å². The Morgan fingerprint density at radius 1 is 0.971 bits per heavy atom. The standard InChI is InChI=1S/C29H47BNO3/c1-17(2)24-20(32)16-29(31-30-34-7)15-10-19-18(25(24)29)8-9-22-27(19,5)13-11-21-26(3,4)23(33)12-14-28(21,22)6/h17-19,21-23,31,33H,8-16H2,1-7H3/t18-,19?,21?,22?,23-,27-,28-,29+/m0/s1. The van der Waals surface area contributed by atoms with Crippen LogP contribution in [0, 0.1) is 45.8 Å². The van der Waals surface area contributed by atoms with Crippen LogP contribution in [-0.4, -0.2) is 37.3 Å². The van der Waals surface area contributed by atoms with E-state index >= 15 is 0 Å². The van der Waals surface area contributed by atoms with Crippen molar-refractivity contribution in [3.8, 4) is 0 Å². The Hall–Kier alpha value is -0.645. The summed E-state index contributed by atoms with van der Waals surface area (Å²) in [6.07, 6.45) is 9.68. The second kappa shape index (κ2) is 8.18. The lowest BCUT2D eigenvalue weighted by Crippen LogP contribution is -2.64. The van der Waals surface area contributed by atoms with E-state index in [-0.39, 0.29) is 23.0 Å². The molecule has 0 aliphatic heterocycles. The zero-order valence-corrected chi connectivity index (χ0v) is 22.7. The quantitative estimate of drug-likeness (QED) is 0.538. The summed E-state index contributed by atoms with van der Waals surface area (Å²) in [5.41, 5.74) is 2.94. The van der Waals surface area contributed by atoms with Gasteiger partial charge in [-0.2, -0.15) is 0 Å². The van der Waals surface area contributed by atoms with Crippen LogP contribution in [-0.2, 0) is 9.45 Å². The number of hydrogen-bond acceptors (Lipinski definition) is 4. The fraction of sp³-hybridized carbons (Fsp3) is 0.897. The highest BCUT2D eigenvalue weighted by Gasteiger charge is 2.66. The van der Waals surface area contributed by atoms with Gasteiger partial charge in [-0.25, -0.2) is 0 Å². The molecule has 0 saturated heterocycles. The van der Waals surface area contributed by atoms with Crippen LogP contribution in [0.4, 0.5) is 0 Å². The van der Waals surface area contributed by atoms with Gasteiger partial charge in [0.15, 0.2) is 5.78 Å². The Morgan fingerprint density at radius 2 is 1.68 bits per heavy atom. The van der Waals surface area contributed by atoms with Crippen LogP contribution in [0.2, 0.25) is 0 Å². The van der Waals surface area contributed by atoms with Gasteiger partial charge in [0, 0.05) is 19.1 Å². The number of fused-ring (bicyclic) bond motifs is 7. The van der Waals surface area contributed by atoms with E-state index in [2.05, 4.69) is 46.8 Å². The minimum Gasteiger partial charge on any atom is -0.427 e. The minimum absolute atomic E-state index is 0.00197. The van der Waals surface area contributed by atoms with Crippen molar-refractivity contribution in [2.24, 2.45) is 45.8 Å². The molecule has 1 radical (unpaired) electrons. The van der Waals surface area contributed by atoms with Gasteiger partial charge in [0.2, 0.25) is 0 Å². The van der Waals surface area contributed by atoms with E-state index in [4.69, 9.17) is 4.65 Å². The number of aliphatic hydroxyl groups is 1. The molecule has 2 N–H and O–H groups in total. The van der Waals surface area contributed by atoms with Gasteiger partial charge in [-0.15, -0.1) is 0 Å². The van der Waals surface area contributed by atoms with Gasteiger partial charge in [-0.05, 0) is 108 Å².